The highest BCUT2D eigenvalue weighted by Gasteiger charge is 2.39. The van der Waals surface area contributed by atoms with Crippen LogP contribution < -0.4 is 5.32 Å². The van der Waals surface area contributed by atoms with Crippen molar-refractivity contribution >= 4 is 5.78 Å². The van der Waals surface area contributed by atoms with Gasteiger partial charge < -0.3 is 5.32 Å². The van der Waals surface area contributed by atoms with E-state index < -0.39 is 0 Å². The van der Waals surface area contributed by atoms with Crippen LogP contribution in [0.5, 0.6) is 0 Å². The number of Topliss-reactive ketones (excluding diaryl/α,β-unsaturated/α-hetero) is 1. The van der Waals surface area contributed by atoms with Gasteiger partial charge in [0, 0.05) is 17.9 Å². The zero-order valence-corrected chi connectivity index (χ0v) is 10.7. The number of rotatable bonds is 2. The molecule has 1 aliphatic heterocycles. The van der Waals surface area contributed by atoms with Crippen LogP contribution in [0.2, 0.25) is 0 Å². The summed E-state index contributed by atoms with van der Waals surface area (Å²) in [5, 5.41) is 3.39. The van der Waals surface area contributed by atoms with E-state index >= 15 is 0 Å². The molecule has 1 N–H and O–H groups in total. The summed E-state index contributed by atoms with van der Waals surface area (Å²) >= 11 is 0. The minimum atomic E-state index is -0.0695. The first-order valence-electron chi connectivity index (χ1n) is 6.87. The molecule has 0 bridgehead atoms. The van der Waals surface area contributed by atoms with Gasteiger partial charge >= 0.3 is 0 Å². The Morgan fingerprint density at radius 3 is 2.75 bits per heavy atom. The number of piperidine rings is 1. The molecule has 2 nitrogen and oxygen atoms in total. The number of hydrogen-bond donors (Lipinski definition) is 1. The second kappa shape index (κ2) is 4.87. The van der Waals surface area contributed by atoms with Crippen LogP contribution in [0.1, 0.15) is 52.4 Å². The van der Waals surface area contributed by atoms with Gasteiger partial charge in [-0.15, -0.1) is 0 Å². The van der Waals surface area contributed by atoms with Crippen molar-refractivity contribution in [3.05, 3.63) is 0 Å². The molecule has 2 heteroatoms. The first-order valence-corrected chi connectivity index (χ1v) is 6.87. The fraction of sp³-hybridized carbons (Fsp3) is 0.929. The Labute approximate surface area is 99.2 Å². The molecule has 0 aromatic carbocycles. The van der Waals surface area contributed by atoms with Crippen molar-refractivity contribution in [3.63, 3.8) is 0 Å². The van der Waals surface area contributed by atoms with Crippen molar-refractivity contribution < 1.29 is 4.79 Å². The van der Waals surface area contributed by atoms with Crippen molar-refractivity contribution in [2.45, 2.75) is 52.4 Å². The third-order valence-electron chi connectivity index (χ3n) is 4.50. The third kappa shape index (κ3) is 2.48. The van der Waals surface area contributed by atoms with Gasteiger partial charge in [0.2, 0.25) is 0 Å². The predicted octanol–water partition coefficient (Wildman–Crippen LogP) is 2.77. The van der Waals surface area contributed by atoms with Crippen LogP contribution in [0.25, 0.3) is 0 Å². The van der Waals surface area contributed by atoms with E-state index in [4.69, 9.17) is 0 Å². The largest absolute Gasteiger partial charge is 0.316 e. The second-order valence-electron chi connectivity index (χ2n) is 6.17. The van der Waals surface area contributed by atoms with Gasteiger partial charge in [0.25, 0.3) is 0 Å². The van der Waals surface area contributed by atoms with E-state index in [1.54, 1.807) is 0 Å². The molecule has 0 amide bonds. The van der Waals surface area contributed by atoms with Gasteiger partial charge in [-0.3, -0.25) is 4.79 Å². The van der Waals surface area contributed by atoms with Crippen LogP contribution in [0.4, 0.5) is 0 Å². The fourth-order valence-electron chi connectivity index (χ4n) is 3.43. The lowest BCUT2D eigenvalue weighted by atomic mass is 9.69. The maximum Gasteiger partial charge on any atom is 0.143 e. The Balaban J connectivity index is 1.99. The maximum atomic E-state index is 12.6. The van der Waals surface area contributed by atoms with E-state index in [0.717, 1.165) is 44.7 Å². The summed E-state index contributed by atoms with van der Waals surface area (Å²) < 4.78 is 0. The van der Waals surface area contributed by atoms with E-state index in [1.165, 1.54) is 12.8 Å². The summed E-state index contributed by atoms with van der Waals surface area (Å²) in [5.41, 5.74) is -0.0695. The van der Waals surface area contributed by atoms with Gasteiger partial charge in [-0.05, 0) is 38.1 Å². The van der Waals surface area contributed by atoms with Crippen LogP contribution in [-0.2, 0) is 4.79 Å². The Morgan fingerprint density at radius 1 is 1.31 bits per heavy atom. The molecular formula is C14H25NO. The van der Waals surface area contributed by atoms with Gasteiger partial charge in [-0.2, -0.15) is 0 Å². The molecule has 0 aromatic heterocycles. The molecule has 2 aliphatic rings. The van der Waals surface area contributed by atoms with Gasteiger partial charge in [-0.1, -0.05) is 26.7 Å². The summed E-state index contributed by atoms with van der Waals surface area (Å²) in [6, 6.07) is 0. The first-order chi connectivity index (χ1) is 7.62. The lowest BCUT2D eigenvalue weighted by Gasteiger charge is -2.37. The zero-order chi connectivity index (χ0) is 11.6. The predicted molar refractivity (Wildman–Crippen MR) is 66.3 cm³/mol. The van der Waals surface area contributed by atoms with E-state index in [2.05, 4.69) is 19.2 Å². The smallest absolute Gasteiger partial charge is 0.143 e. The van der Waals surface area contributed by atoms with Crippen molar-refractivity contribution in [3.8, 4) is 0 Å². The molecule has 16 heavy (non-hydrogen) atoms. The standard InChI is InChI=1S/C14H25NO/c1-11-5-3-6-12(9-11)13(16)14(2)7-4-8-15-10-14/h11-12,15H,3-10H2,1-2H3. The van der Waals surface area contributed by atoms with E-state index in [0.29, 0.717) is 11.7 Å². The number of nitrogens with one attached hydrogen (secondary N) is 1. The Kier molecular flexibility index (Phi) is 3.68. The molecular weight excluding hydrogens is 198 g/mol. The monoisotopic (exact) mass is 223 g/mol. The van der Waals surface area contributed by atoms with Crippen LogP contribution >= 0.6 is 0 Å². The van der Waals surface area contributed by atoms with Gasteiger partial charge in [0.05, 0.1) is 0 Å². The highest BCUT2D eigenvalue weighted by atomic mass is 16.1. The van der Waals surface area contributed by atoms with Gasteiger partial charge in [-0.25, -0.2) is 0 Å². The molecule has 3 atom stereocenters. The van der Waals surface area contributed by atoms with E-state index in [1.807, 2.05) is 0 Å². The van der Waals surface area contributed by atoms with E-state index in [-0.39, 0.29) is 5.41 Å². The molecule has 0 radical (unpaired) electrons. The molecule has 92 valence electrons. The van der Waals surface area contributed by atoms with Gasteiger partial charge in [0.15, 0.2) is 0 Å². The average molecular weight is 223 g/mol. The SMILES string of the molecule is CC1CCCC(C(=O)C2(C)CCCNC2)C1. The molecule has 2 fully saturated rings. The Bertz CT molecular complexity index is 255. The van der Waals surface area contributed by atoms with Crippen molar-refractivity contribution in [1.82, 2.24) is 5.32 Å². The van der Waals surface area contributed by atoms with Gasteiger partial charge in [0.1, 0.15) is 5.78 Å². The minimum Gasteiger partial charge on any atom is -0.316 e. The third-order valence-corrected chi connectivity index (χ3v) is 4.50. The molecule has 1 heterocycles. The van der Waals surface area contributed by atoms with Crippen LogP contribution in [0.3, 0.4) is 0 Å². The van der Waals surface area contributed by atoms with Crippen LogP contribution in [0.15, 0.2) is 0 Å². The lowest BCUT2D eigenvalue weighted by molar-refractivity contribution is -0.134. The summed E-state index contributed by atoms with van der Waals surface area (Å²) in [6.07, 6.45) is 7.08. The first kappa shape index (κ1) is 12.1. The maximum absolute atomic E-state index is 12.6. The summed E-state index contributed by atoms with van der Waals surface area (Å²) in [6.45, 7) is 6.45. The second-order valence-corrected chi connectivity index (χ2v) is 6.17. The highest BCUT2D eigenvalue weighted by Crippen LogP contribution is 2.37. The molecule has 0 aromatic rings. The summed E-state index contributed by atoms with van der Waals surface area (Å²) in [4.78, 5) is 12.6. The highest BCUT2D eigenvalue weighted by molar-refractivity contribution is 5.87. The van der Waals surface area contributed by atoms with Crippen molar-refractivity contribution in [1.29, 1.82) is 0 Å². The summed E-state index contributed by atoms with van der Waals surface area (Å²) in [7, 11) is 0. The normalized spacial score (nSPS) is 40.6. The number of carbonyl (C=O) groups excluding carboxylic acids is 1. The Morgan fingerprint density at radius 2 is 2.12 bits per heavy atom. The minimum absolute atomic E-state index is 0.0695. The summed E-state index contributed by atoms with van der Waals surface area (Å²) in [5.74, 6) is 1.66. The quantitative estimate of drug-likeness (QED) is 0.780. The number of hydrogen-bond acceptors (Lipinski definition) is 2. The Hall–Kier alpha value is -0.370. The molecule has 1 saturated heterocycles. The fourth-order valence-corrected chi connectivity index (χ4v) is 3.43. The molecule has 1 saturated carbocycles. The average Bonchev–Trinajstić information content (AvgIpc) is 2.29. The molecule has 0 spiro atoms. The molecule has 1 aliphatic carbocycles. The van der Waals surface area contributed by atoms with Crippen molar-refractivity contribution in [2.75, 3.05) is 13.1 Å². The molecule has 3 unspecified atom stereocenters. The van der Waals surface area contributed by atoms with Crippen LogP contribution in [0, 0.1) is 17.3 Å². The number of ketones is 1. The lowest BCUT2D eigenvalue weighted by Crippen LogP contribution is -2.46. The van der Waals surface area contributed by atoms with Crippen molar-refractivity contribution in [2.24, 2.45) is 17.3 Å². The number of carbonyl (C=O) groups is 1. The molecule has 2 rings (SSSR count). The topological polar surface area (TPSA) is 29.1 Å². The van der Waals surface area contributed by atoms with Crippen LogP contribution in [-0.4, -0.2) is 18.9 Å². The zero-order valence-electron chi connectivity index (χ0n) is 10.7. The van der Waals surface area contributed by atoms with E-state index in [9.17, 15) is 4.79 Å².